The molecule has 0 atom stereocenters. The van der Waals surface area contributed by atoms with Crippen molar-refractivity contribution in [3.05, 3.63) is 118 Å². The third-order valence-electron chi connectivity index (χ3n) is 7.27. The van der Waals surface area contributed by atoms with E-state index in [4.69, 9.17) is 0 Å². The Hall–Kier alpha value is -4.08. The number of carbonyl (C=O) groups is 2. The standard InChI is InChI=1S/C32H34FN5O2S/c1-23(2)38(32(40)35-27-16-10-9-15-26(27)33)21-29-34-28(22-41-29)31(39)37-19-17-36(18-20-37)30(24-11-5-3-6-12-24)25-13-7-4-8-14-25/h3-16,22-23,30H,17-21H2,1-2H3,(H,35,40). The van der Waals surface area contributed by atoms with Crippen molar-refractivity contribution >= 4 is 29.0 Å². The van der Waals surface area contributed by atoms with Crippen LogP contribution >= 0.6 is 11.3 Å². The maximum Gasteiger partial charge on any atom is 0.322 e. The zero-order valence-corrected chi connectivity index (χ0v) is 24.1. The number of para-hydroxylation sites is 1. The third kappa shape index (κ3) is 6.81. The number of piperazine rings is 1. The first-order valence-corrected chi connectivity index (χ1v) is 14.7. The van der Waals surface area contributed by atoms with E-state index in [2.05, 4.69) is 63.7 Å². The van der Waals surface area contributed by atoms with Gasteiger partial charge in [0.15, 0.2) is 0 Å². The average molecular weight is 572 g/mol. The molecular weight excluding hydrogens is 537 g/mol. The highest BCUT2D eigenvalue weighted by molar-refractivity contribution is 7.09. The fourth-order valence-corrected chi connectivity index (χ4v) is 5.86. The van der Waals surface area contributed by atoms with E-state index in [1.807, 2.05) is 30.9 Å². The van der Waals surface area contributed by atoms with Crippen LogP contribution in [0, 0.1) is 5.82 Å². The highest BCUT2D eigenvalue weighted by Crippen LogP contribution is 2.30. The smallest absolute Gasteiger partial charge is 0.322 e. The Morgan fingerprint density at radius 1 is 0.902 bits per heavy atom. The zero-order valence-electron chi connectivity index (χ0n) is 23.2. The first-order chi connectivity index (χ1) is 19.9. The van der Waals surface area contributed by atoms with Crippen molar-refractivity contribution in [3.63, 3.8) is 0 Å². The molecule has 1 aliphatic heterocycles. The molecule has 9 heteroatoms. The highest BCUT2D eigenvalue weighted by Gasteiger charge is 2.29. The van der Waals surface area contributed by atoms with E-state index in [9.17, 15) is 14.0 Å². The number of hydrogen-bond donors (Lipinski definition) is 1. The second-order valence-electron chi connectivity index (χ2n) is 10.3. The summed E-state index contributed by atoms with van der Waals surface area (Å²) >= 11 is 1.35. The van der Waals surface area contributed by atoms with Gasteiger partial charge in [0, 0.05) is 37.6 Å². The molecule has 0 bridgehead atoms. The van der Waals surface area contributed by atoms with Gasteiger partial charge in [0.2, 0.25) is 0 Å². The largest absolute Gasteiger partial charge is 0.335 e. The minimum atomic E-state index is -0.495. The molecule has 2 heterocycles. The zero-order chi connectivity index (χ0) is 28.8. The number of nitrogens with zero attached hydrogens (tertiary/aromatic N) is 4. The Kier molecular flexibility index (Phi) is 9.06. The van der Waals surface area contributed by atoms with Gasteiger partial charge in [-0.05, 0) is 37.1 Å². The predicted molar refractivity (Wildman–Crippen MR) is 160 cm³/mol. The maximum absolute atomic E-state index is 14.1. The van der Waals surface area contributed by atoms with Gasteiger partial charge in [-0.3, -0.25) is 9.69 Å². The Labute approximate surface area is 244 Å². The maximum atomic E-state index is 14.1. The van der Waals surface area contributed by atoms with Crippen LogP contribution in [0.5, 0.6) is 0 Å². The molecule has 3 amide bonds. The van der Waals surface area contributed by atoms with E-state index < -0.39 is 11.8 Å². The summed E-state index contributed by atoms with van der Waals surface area (Å²) in [7, 11) is 0. The molecule has 1 N–H and O–H groups in total. The van der Waals surface area contributed by atoms with Crippen molar-refractivity contribution < 1.29 is 14.0 Å². The first-order valence-electron chi connectivity index (χ1n) is 13.8. The van der Waals surface area contributed by atoms with Gasteiger partial charge in [-0.2, -0.15) is 0 Å². The van der Waals surface area contributed by atoms with E-state index >= 15 is 0 Å². The van der Waals surface area contributed by atoms with Crippen molar-refractivity contribution in [2.24, 2.45) is 0 Å². The number of nitrogens with one attached hydrogen (secondary N) is 1. The number of thiazole rings is 1. The van der Waals surface area contributed by atoms with Crippen molar-refractivity contribution in [2.45, 2.75) is 32.5 Å². The van der Waals surface area contributed by atoms with Crippen LogP contribution in [0.15, 0.2) is 90.3 Å². The summed E-state index contributed by atoms with van der Waals surface area (Å²) in [6, 6.07) is 26.6. The Morgan fingerprint density at radius 3 is 2.07 bits per heavy atom. The van der Waals surface area contributed by atoms with Crippen LogP contribution in [-0.2, 0) is 6.54 Å². The summed E-state index contributed by atoms with van der Waals surface area (Å²) in [5.41, 5.74) is 2.98. The number of aromatic nitrogens is 1. The molecule has 0 spiro atoms. The number of benzene rings is 3. The number of halogens is 1. The number of carbonyl (C=O) groups excluding carboxylic acids is 2. The number of rotatable bonds is 8. The molecule has 5 rings (SSSR count). The van der Waals surface area contributed by atoms with Crippen molar-refractivity contribution in [3.8, 4) is 0 Å². The van der Waals surface area contributed by atoms with Gasteiger partial charge in [-0.1, -0.05) is 72.8 Å². The lowest BCUT2D eigenvalue weighted by Crippen LogP contribution is -2.50. The van der Waals surface area contributed by atoms with E-state index in [0.29, 0.717) is 23.8 Å². The fraction of sp³-hybridized carbons (Fsp3) is 0.281. The Bertz CT molecular complexity index is 1420. The molecule has 0 saturated carbocycles. The molecule has 0 aliphatic carbocycles. The Morgan fingerprint density at radius 2 is 1.49 bits per heavy atom. The number of urea groups is 1. The summed E-state index contributed by atoms with van der Waals surface area (Å²) in [5.74, 6) is -0.597. The molecule has 1 saturated heterocycles. The molecule has 4 aromatic rings. The lowest BCUT2D eigenvalue weighted by molar-refractivity contribution is 0.0592. The van der Waals surface area contributed by atoms with E-state index in [0.717, 1.165) is 13.1 Å². The van der Waals surface area contributed by atoms with Crippen LogP contribution in [0.1, 0.15) is 46.5 Å². The first kappa shape index (κ1) is 28.4. The molecule has 212 valence electrons. The van der Waals surface area contributed by atoms with Gasteiger partial charge >= 0.3 is 6.03 Å². The van der Waals surface area contributed by atoms with Crippen molar-refractivity contribution in [2.75, 3.05) is 31.5 Å². The normalized spacial score (nSPS) is 13.9. The lowest BCUT2D eigenvalue weighted by atomic mass is 9.96. The molecule has 1 aliphatic rings. The van der Waals surface area contributed by atoms with Gasteiger partial charge in [-0.25, -0.2) is 14.2 Å². The molecular formula is C32H34FN5O2S. The monoisotopic (exact) mass is 571 g/mol. The summed E-state index contributed by atoms with van der Waals surface area (Å²) < 4.78 is 14.1. The van der Waals surface area contributed by atoms with Crippen LogP contribution in [0.3, 0.4) is 0 Å². The summed E-state index contributed by atoms with van der Waals surface area (Å²) in [5, 5.41) is 5.05. The molecule has 7 nitrogen and oxygen atoms in total. The molecule has 3 aromatic carbocycles. The minimum absolute atomic E-state index is 0.102. The van der Waals surface area contributed by atoms with E-state index in [1.54, 1.807) is 22.4 Å². The molecule has 0 unspecified atom stereocenters. The van der Waals surface area contributed by atoms with Gasteiger partial charge in [-0.15, -0.1) is 11.3 Å². The fourth-order valence-electron chi connectivity index (χ4n) is 5.10. The predicted octanol–water partition coefficient (Wildman–Crippen LogP) is 6.27. The SMILES string of the molecule is CC(C)N(Cc1nc(C(=O)N2CCN(C(c3ccccc3)c3ccccc3)CC2)cs1)C(=O)Nc1ccccc1F. The van der Waals surface area contributed by atoms with Crippen molar-refractivity contribution in [1.82, 2.24) is 19.7 Å². The van der Waals surface area contributed by atoms with Gasteiger partial charge in [0.25, 0.3) is 5.91 Å². The number of anilines is 1. The average Bonchev–Trinajstić information content (AvgIpc) is 3.47. The second kappa shape index (κ2) is 13.1. The van der Waals surface area contributed by atoms with E-state index in [-0.39, 0.29) is 30.2 Å². The summed E-state index contributed by atoms with van der Waals surface area (Å²) in [4.78, 5) is 36.8. The molecule has 0 radical (unpaired) electrons. The summed E-state index contributed by atoms with van der Waals surface area (Å²) in [6.07, 6.45) is 0. The highest BCUT2D eigenvalue weighted by atomic mass is 32.1. The number of amides is 3. The van der Waals surface area contributed by atoms with Crippen LogP contribution < -0.4 is 5.32 Å². The minimum Gasteiger partial charge on any atom is -0.335 e. The van der Waals surface area contributed by atoms with Crippen LogP contribution in [0.25, 0.3) is 0 Å². The lowest BCUT2D eigenvalue weighted by Gasteiger charge is -2.39. The quantitative estimate of drug-likeness (QED) is 0.271. The third-order valence-corrected chi connectivity index (χ3v) is 8.11. The van der Waals surface area contributed by atoms with Crippen LogP contribution in [0.4, 0.5) is 14.9 Å². The molecule has 1 aromatic heterocycles. The summed E-state index contributed by atoms with van der Waals surface area (Å²) in [6.45, 7) is 6.69. The Balaban J connectivity index is 1.22. The van der Waals surface area contributed by atoms with Gasteiger partial charge in [0.1, 0.15) is 16.5 Å². The van der Waals surface area contributed by atoms with E-state index in [1.165, 1.54) is 34.6 Å². The van der Waals surface area contributed by atoms with Crippen molar-refractivity contribution in [1.29, 1.82) is 0 Å². The van der Waals surface area contributed by atoms with Gasteiger partial charge in [0.05, 0.1) is 18.3 Å². The van der Waals surface area contributed by atoms with Gasteiger partial charge < -0.3 is 15.1 Å². The number of hydrogen-bond acceptors (Lipinski definition) is 5. The van der Waals surface area contributed by atoms with Crippen LogP contribution in [0.2, 0.25) is 0 Å². The molecule has 41 heavy (non-hydrogen) atoms. The molecule has 1 fully saturated rings. The topological polar surface area (TPSA) is 68.8 Å². The van der Waals surface area contributed by atoms with Crippen LogP contribution in [-0.4, -0.2) is 63.8 Å². The second-order valence-corrected chi connectivity index (χ2v) is 11.3.